The van der Waals surface area contributed by atoms with Gasteiger partial charge in [-0.15, -0.1) is 0 Å². The number of anilines is 2. The number of pyridine rings is 1. The van der Waals surface area contributed by atoms with Gasteiger partial charge < -0.3 is 10.6 Å². The Morgan fingerprint density at radius 1 is 1.28 bits per heavy atom. The second-order valence-electron chi connectivity index (χ2n) is 3.78. The summed E-state index contributed by atoms with van der Waals surface area (Å²) < 4.78 is 13.6. The number of nitrogens with two attached hydrogens (primary N) is 1. The minimum atomic E-state index is -0.291. The minimum Gasteiger partial charge on any atom is -0.389 e. The van der Waals surface area contributed by atoms with Gasteiger partial charge in [0.1, 0.15) is 16.6 Å². The lowest BCUT2D eigenvalue weighted by molar-refractivity contribution is 0.627. The lowest BCUT2D eigenvalue weighted by Gasteiger charge is -2.18. The van der Waals surface area contributed by atoms with Crippen molar-refractivity contribution in [1.82, 2.24) is 4.98 Å². The number of halogens is 1. The van der Waals surface area contributed by atoms with E-state index in [4.69, 9.17) is 18.0 Å². The van der Waals surface area contributed by atoms with Gasteiger partial charge in [-0.2, -0.15) is 0 Å². The maximum atomic E-state index is 13.6. The molecule has 2 N–H and O–H groups in total. The van der Waals surface area contributed by atoms with Crippen molar-refractivity contribution >= 4 is 28.7 Å². The third-order valence-corrected chi connectivity index (χ3v) is 2.83. The Morgan fingerprint density at radius 2 is 2.00 bits per heavy atom. The van der Waals surface area contributed by atoms with Crippen LogP contribution in [-0.4, -0.2) is 17.0 Å². The van der Waals surface area contributed by atoms with E-state index in [-0.39, 0.29) is 5.82 Å². The van der Waals surface area contributed by atoms with E-state index >= 15 is 0 Å². The molecule has 1 aromatic heterocycles. The predicted octanol–water partition coefficient (Wildman–Crippen LogP) is 2.62. The Morgan fingerprint density at radius 3 is 2.56 bits per heavy atom. The molecule has 92 valence electrons. The van der Waals surface area contributed by atoms with Crippen molar-refractivity contribution in [2.45, 2.75) is 0 Å². The molecule has 0 saturated carbocycles. The first kappa shape index (κ1) is 12.4. The van der Waals surface area contributed by atoms with Gasteiger partial charge in [-0.3, -0.25) is 0 Å². The summed E-state index contributed by atoms with van der Waals surface area (Å²) in [5.74, 6) is 0.334. The highest BCUT2D eigenvalue weighted by molar-refractivity contribution is 7.80. The van der Waals surface area contributed by atoms with Crippen LogP contribution in [0.5, 0.6) is 0 Å². The van der Waals surface area contributed by atoms with Crippen LogP contribution in [0.25, 0.3) is 0 Å². The van der Waals surface area contributed by atoms with Crippen LogP contribution in [-0.2, 0) is 0 Å². The van der Waals surface area contributed by atoms with Gasteiger partial charge in [0.25, 0.3) is 0 Å². The maximum absolute atomic E-state index is 13.6. The van der Waals surface area contributed by atoms with Crippen molar-refractivity contribution in [3.05, 3.63) is 54.0 Å². The Kier molecular flexibility index (Phi) is 3.53. The number of benzene rings is 1. The first-order chi connectivity index (χ1) is 8.59. The summed E-state index contributed by atoms with van der Waals surface area (Å²) in [5, 5.41) is 0. The quantitative estimate of drug-likeness (QED) is 0.862. The number of hydrogen-bond donors (Lipinski definition) is 1. The highest BCUT2D eigenvalue weighted by Crippen LogP contribution is 2.24. The standard InChI is InChI=1S/C13H12FN3S/c1-17(11-5-3-2-4-10(11)14)12-7-6-9(8-16-12)13(15)18/h2-8H,1H3,(H2,15,18). The summed E-state index contributed by atoms with van der Waals surface area (Å²) >= 11 is 4.85. The molecule has 0 bridgehead atoms. The summed E-state index contributed by atoms with van der Waals surface area (Å²) in [7, 11) is 1.75. The van der Waals surface area contributed by atoms with Crippen molar-refractivity contribution in [3.63, 3.8) is 0 Å². The molecular weight excluding hydrogens is 249 g/mol. The molecule has 3 nitrogen and oxygen atoms in total. The topological polar surface area (TPSA) is 42.1 Å². The Labute approximate surface area is 110 Å². The molecular formula is C13H12FN3S. The zero-order valence-electron chi connectivity index (χ0n) is 9.80. The van der Waals surface area contributed by atoms with Crippen LogP contribution in [0.15, 0.2) is 42.6 Å². The molecule has 2 aromatic rings. The third kappa shape index (κ3) is 2.46. The first-order valence-electron chi connectivity index (χ1n) is 5.33. The lowest BCUT2D eigenvalue weighted by atomic mass is 10.2. The minimum absolute atomic E-state index is 0.291. The summed E-state index contributed by atoms with van der Waals surface area (Å²) in [4.78, 5) is 6.17. The van der Waals surface area contributed by atoms with Crippen molar-refractivity contribution in [2.24, 2.45) is 5.73 Å². The SMILES string of the molecule is CN(c1ccc(C(N)=S)cn1)c1ccccc1F. The molecule has 0 unspecified atom stereocenters. The van der Waals surface area contributed by atoms with Gasteiger partial charge in [0.2, 0.25) is 0 Å². The fourth-order valence-corrected chi connectivity index (χ4v) is 1.70. The normalized spacial score (nSPS) is 10.1. The molecule has 0 saturated heterocycles. The van der Waals surface area contributed by atoms with E-state index in [1.54, 1.807) is 48.5 Å². The fraction of sp³-hybridized carbons (Fsp3) is 0.0769. The number of nitrogens with zero attached hydrogens (tertiary/aromatic N) is 2. The van der Waals surface area contributed by atoms with E-state index in [0.717, 1.165) is 0 Å². The Balaban J connectivity index is 2.32. The van der Waals surface area contributed by atoms with Crippen LogP contribution < -0.4 is 10.6 Å². The Hall–Kier alpha value is -2.01. The monoisotopic (exact) mass is 261 g/mol. The second-order valence-corrected chi connectivity index (χ2v) is 4.22. The van der Waals surface area contributed by atoms with Gasteiger partial charge in [0.05, 0.1) is 5.69 Å². The van der Waals surface area contributed by atoms with Gasteiger partial charge in [-0.25, -0.2) is 9.37 Å². The highest BCUT2D eigenvalue weighted by Gasteiger charge is 2.09. The van der Waals surface area contributed by atoms with E-state index in [9.17, 15) is 4.39 Å². The molecule has 5 heteroatoms. The van der Waals surface area contributed by atoms with Crippen molar-refractivity contribution in [2.75, 3.05) is 11.9 Å². The van der Waals surface area contributed by atoms with Crippen molar-refractivity contribution in [3.8, 4) is 0 Å². The molecule has 1 heterocycles. The largest absolute Gasteiger partial charge is 0.389 e. The fourth-order valence-electron chi connectivity index (χ4n) is 1.58. The first-order valence-corrected chi connectivity index (χ1v) is 5.74. The zero-order valence-corrected chi connectivity index (χ0v) is 10.6. The zero-order chi connectivity index (χ0) is 13.1. The second kappa shape index (κ2) is 5.10. The van der Waals surface area contributed by atoms with Gasteiger partial charge in [0, 0.05) is 18.8 Å². The average Bonchev–Trinajstić information content (AvgIpc) is 2.38. The maximum Gasteiger partial charge on any atom is 0.146 e. The van der Waals surface area contributed by atoms with Crippen LogP contribution in [0.4, 0.5) is 15.9 Å². The molecule has 2 rings (SSSR count). The number of para-hydroxylation sites is 1. The number of aromatic nitrogens is 1. The smallest absolute Gasteiger partial charge is 0.146 e. The summed E-state index contributed by atoms with van der Waals surface area (Å²) in [6.45, 7) is 0. The van der Waals surface area contributed by atoms with Crippen LogP contribution in [0, 0.1) is 5.82 Å². The molecule has 0 fully saturated rings. The molecule has 0 atom stereocenters. The predicted molar refractivity (Wildman–Crippen MR) is 74.6 cm³/mol. The van der Waals surface area contributed by atoms with Crippen molar-refractivity contribution < 1.29 is 4.39 Å². The number of hydrogen-bond acceptors (Lipinski definition) is 3. The Bertz CT molecular complexity index is 569. The molecule has 1 aromatic carbocycles. The van der Waals surface area contributed by atoms with Crippen LogP contribution in [0.2, 0.25) is 0 Å². The van der Waals surface area contributed by atoms with Crippen molar-refractivity contribution in [1.29, 1.82) is 0 Å². The third-order valence-electron chi connectivity index (χ3n) is 2.59. The van der Waals surface area contributed by atoms with Crippen LogP contribution >= 0.6 is 12.2 Å². The van der Waals surface area contributed by atoms with Gasteiger partial charge in [-0.05, 0) is 24.3 Å². The molecule has 0 radical (unpaired) electrons. The van der Waals surface area contributed by atoms with E-state index in [2.05, 4.69) is 4.98 Å². The van der Waals surface area contributed by atoms with E-state index in [0.29, 0.717) is 22.1 Å². The van der Waals surface area contributed by atoms with Gasteiger partial charge >= 0.3 is 0 Å². The summed E-state index contributed by atoms with van der Waals surface area (Å²) in [5.41, 5.74) is 6.65. The molecule has 0 amide bonds. The molecule has 0 aliphatic rings. The van der Waals surface area contributed by atoms with Gasteiger partial charge in [-0.1, -0.05) is 24.4 Å². The molecule has 18 heavy (non-hydrogen) atoms. The van der Waals surface area contributed by atoms with E-state index < -0.39 is 0 Å². The van der Waals surface area contributed by atoms with Gasteiger partial charge in [0.15, 0.2) is 0 Å². The van der Waals surface area contributed by atoms with Crippen LogP contribution in [0.1, 0.15) is 5.56 Å². The lowest BCUT2D eigenvalue weighted by Crippen LogP contribution is -2.14. The number of thiocarbonyl (C=S) groups is 1. The summed E-state index contributed by atoms with van der Waals surface area (Å²) in [6, 6.07) is 10.0. The molecule has 0 aliphatic heterocycles. The molecule has 0 aliphatic carbocycles. The molecule has 0 spiro atoms. The van der Waals surface area contributed by atoms with E-state index in [1.807, 2.05) is 0 Å². The van der Waals surface area contributed by atoms with Crippen LogP contribution in [0.3, 0.4) is 0 Å². The van der Waals surface area contributed by atoms with E-state index in [1.165, 1.54) is 6.07 Å². The highest BCUT2D eigenvalue weighted by atomic mass is 32.1. The average molecular weight is 261 g/mol. The number of rotatable bonds is 3. The summed E-state index contributed by atoms with van der Waals surface area (Å²) in [6.07, 6.45) is 1.58.